The lowest BCUT2D eigenvalue weighted by Crippen LogP contribution is -2.04. The third kappa shape index (κ3) is 3.17. The van der Waals surface area contributed by atoms with E-state index >= 15 is 0 Å². The Balaban J connectivity index is 2.26. The Morgan fingerprint density at radius 3 is 2.88 bits per heavy atom. The maximum atomic E-state index is 13.7. The molecule has 1 aromatic rings. The quantitative estimate of drug-likeness (QED) is 0.796. The van der Waals surface area contributed by atoms with Gasteiger partial charge >= 0.3 is 0 Å². The number of halogens is 2. The Morgan fingerprint density at radius 1 is 1.24 bits per heavy atom. The van der Waals surface area contributed by atoms with Crippen molar-refractivity contribution < 1.29 is 9.50 Å². The Morgan fingerprint density at radius 2 is 2.06 bits per heavy atom. The number of rotatable bonds is 2. The van der Waals surface area contributed by atoms with E-state index in [2.05, 4.69) is 22.0 Å². The van der Waals surface area contributed by atoms with Gasteiger partial charge in [-0.2, -0.15) is 0 Å². The third-order valence-corrected chi connectivity index (χ3v) is 3.67. The lowest BCUT2D eigenvalue weighted by atomic mass is 9.97. The lowest BCUT2D eigenvalue weighted by Gasteiger charge is -2.15. The predicted molar refractivity (Wildman–Crippen MR) is 70.2 cm³/mol. The summed E-state index contributed by atoms with van der Waals surface area (Å²) in [6.45, 7) is 0. The minimum absolute atomic E-state index is 0.342. The Labute approximate surface area is 109 Å². The summed E-state index contributed by atoms with van der Waals surface area (Å²) in [4.78, 5) is 0. The van der Waals surface area contributed by atoms with Crippen LogP contribution >= 0.6 is 15.9 Å². The van der Waals surface area contributed by atoms with Gasteiger partial charge < -0.3 is 5.11 Å². The molecule has 0 aromatic heterocycles. The van der Waals surface area contributed by atoms with Gasteiger partial charge in [-0.3, -0.25) is 0 Å². The van der Waals surface area contributed by atoms with Crippen molar-refractivity contribution >= 4 is 15.9 Å². The van der Waals surface area contributed by atoms with Crippen LogP contribution in [0.4, 0.5) is 4.39 Å². The minimum atomic E-state index is -0.800. The fourth-order valence-corrected chi connectivity index (χ4v) is 2.59. The van der Waals surface area contributed by atoms with Gasteiger partial charge in [0.2, 0.25) is 0 Å². The van der Waals surface area contributed by atoms with E-state index in [-0.39, 0.29) is 5.82 Å². The molecule has 3 heteroatoms. The number of hydrogen-bond donors (Lipinski definition) is 1. The first-order chi connectivity index (χ1) is 8.18. The minimum Gasteiger partial charge on any atom is -0.384 e. The maximum absolute atomic E-state index is 13.7. The smallest absolute Gasteiger partial charge is 0.129 e. The van der Waals surface area contributed by atoms with Gasteiger partial charge in [-0.15, -0.1) is 0 Å². The molecule has 1 aliphatic rings. The van der Waals surface area contributed by atoms with Crippen LogP contribution < -0.4 is 0 Å². The van der Waals surface area contributed by atoms with Crippen LogP contribution in [-0.2, 0) is 0 Å². The van der Waals surface area contributed by atoms with Crippen LogP contribution in [-0.4, -0.2) is 5.11 Å². The van der Waals surface area contributed by atoms with Crippen molar-refractivity contribution in [3.63, 3.8) is 0 Å². The van der Waals surface area contributed by atoms with Crippen LogP contribution in [0.3, 0.4) is 0 Å². The molecule has 0 aliphatic heterocycles. The summed E-state index contributed by atoms with van der Waals surface area (Å²) < 4.78 is 14.5. The highest BCUT2D eigenvalue weighted by Crippen LogP contribution is 2.31. The van der Waals surface area contributed by atoms with E-state index < -0.39 is 6.10 Å². The summed E-state index contributed by atoms with van der Waals surface area (Å²) in [7, 11) is 0. The molecular weight excluding hydrogens is 283 g/mol. The molecule has 0 amide bonds. The molecule has 0 saturated heterocycles. The Kier molecular flexibility index (Phi) is 4.35. The second kappa shape index (κ2) is 5.78. The van der Waals surface area contributed by atoms with E-state index in [1.165, 1.54) is 12.5 Å². The SMILES string of the molecule is OC(C1=CCCCCC1)c1cc(Br)ccc1F. The van der Waals surface area contributed by atoms with Gasteiger partial charge in [0, 0.05) is 10.0 Å². The van der Waals surface area contributed by atoms with E-state index in [0.717, 1.165) is 35.7 Å². The second-order valence-corrected chi connectivity index (χ2v) is 5.36. The molecule has 92 valence electrons. The summed E-state index contributed by atoms with van der Waals surface area (Å²) in [6.07, 6.45) is 6.56. The monoisotopic (exact) mass is 298 g/mol. The highest BCUT2D eigenvalue weighted by atomic mass is 79.9. The van der Waals surface area contributed by atoms with Crippen LogP contribution in [0.15, 0.2) is 34.3 Å². The number of hydrogen-bond acceptors (Lipinski definition) is 1. The molecule has 2 rings (SSSR count). The van der Waals surface area contributed by atoms with Crippen molar-refractivity contribution in [2.24, 2.45) is 0 Å². The first-order valence-corrected chi connectivity index (χ1v) is 6.80. The number of aliphatic hydroxyl groups excluding tert-OH is 1. The van der Waals surface area contributed by atoms with Gasteiger partial charge in [0.05, 0.1) is 0 Å². The van der Waals surface area contributed by atoms with E-state index in [1.54, 1.807) is 12.1 Å². The molecule has 1 aromatic carbocycles. The topological polar surface area (TPSA) is 20.2 Å². The van der Waals surface area contributed by atoms with E-state index in [1.807, 2.05) is 0 Å². The van der Waals surface area contributed by atoms with Gasteiger partial charge in [-0.1, -0.05) is 28.4 Å². The van der Waals surface area contributed by atoms with Crippen molar-refractivity contribution in [2.45, 2.75) is 38.2 Å². The summed E-state index contributed by atoms with van der Waals surface area (Å²) in [5.41, 5.74) is 1.33. The van der Waals surface area contributed by atoms with Crippen molar-refractivity contribution in [1.82, 2.24) is 0 Å². The van der Waals surface area contributed by atoms with Crippen LogP contribution in [0.25, 0.3) is 0 Å². The number of aliphatic hydroxyl groups is 1. The van der Waals surface area contributed by atoms with Gasteiger partial charge in [0.25, 0.3) is 0 Å². The molecule has 1 aliphatic carbocycles. The zero-order chi connectivity index (χ0) is 12.3. The summed E-state index contributed by atoms with van der Waals surface area (Å²) in [5, 5.41) is 10.2. The van der Waals surface area contributed by atoms with Gasteiger partial charge in [0.1, 0.15) is 11.9 Å². The molecule has 1 N–H and O–H groups in total. The van der Waals surface area contributed by atoms with Crippen molar-refractivity contribution in [3.05, 3.63) is 45.7 Å². The third-order valence-electron chi connectivity index (χ3n) is 3.18. The van der Waals surface area contributed by atoms with Crippen molar-refractivity contribution in [3.8, 4) is 0 Å². The normalized spacial score (nSPS) is 18.4. The molecule has 1 nitrogen and oxygen atoms in total. The molecule has 0 bridgehead atoms. The first-order valence-electron chi connectivity index (χ1n) is 6.00. The lowest BCUT2D eigenvalue weighted by molar-refractivity contribution is 0.205. The molecule has 0 saturated carbocycles. The van der Waals surface area contributed by atoms with E-state index in [0.29, 0.717) is 5.56 Å². The zero-order valence-electron chi connectivity index (χ0n) is 9.63. The summed E-state index contributed by atoms with van der Waals surface area (Å²) in [6, 6.07) is 4.69. The fourth-order valence-electron chi connectivity index (χ4n) is 2.21. The molecule has 1 atom stereocenters. The number of allylic oxidation sites excluding steroid dienone is 1. The maximum Gasteiger partial charge on any atom is 0.129 e. The van der Waals surface area contributed by atoms with Crippen molar-refractivity contribution in [2.75, 3.05) is 0 Å². The largest absolute Gasteiger partial charge is 0.384 e. The molecule has 0 radical (unpaired) electrons. The highest BCUT2D eigenvalue weighted by Gasteiger charge is 2.18. The average Bonchev–Trinajstić information content (AvgIpc) is 2.60. The number of benzene rings is 1. The second-order valence-electron chi connectivity index (χ2n) is 4.45. The standard InChI is InChI=1S/C14H16BrFO/c15-11-7-8-13(16)12(9-11)14(17)10-5-3-1-2-4-6-10/h5,7-9,14,17H,1-4,6H2. The molecule has 0 spiro atoms. The molecule has 1 unspecified atom stereocenters. The van der Waals surface area contributed by atoms with Gasteiger partial charge in [0.15, 0.2) is 0 Å². The van der Waals surface area contributed by atoms with Gasteiger partial charge in [-0.05, 0) is 49.5 Å². The molecule has 17 heavy (non-hydrogen) atoms. The van der Waals surface area contributed by atoms with Crippen molar-refractivity contribution in [1.29, 1.82) is 0 Å². The Hall–Kier alpha value is -0.670. The highest BCUT2D eigenvalue weighted by molar-refractivity contribution is 9.10. The van der Waals surface area contributed by atoms with E-state index in [9.17, 15) is 9.50 Å². The van der Waals surface area contributed by atoms with Crippen LogP contribution in [0.5, 0.6) is 0 Å². The summed E-state index contributed by atoms with van der Waals surface area (Å²) in [5.74, 6) is -0.342. The van der Waals surface area contributed by atoms with Gasteiger partial charge in [-0.25, -0.2) is 4.39 Å². The fraction of sp³-hybridized carbons (Fsp3) is 0.429. The molecular formula is C14H16BrFO. The molecule has 0 fully saturated rings. The average molecular weight is 299 g/mol. The first kappa shape index (κ1) is 12.8. The predicted octanol–water partition coefficient (Wildman–Crippen LogP) is 4.51. The van der Waals surface area contributed by atoms with Crippen LogP contribution in [0, 0.1) is 5.82 Å². The van der Waals surface area contributed by atoms with Crippen LogP contribution in [0.1, 0.15) is 43.8 Å². The van der Waals surface area contributed by atoms with E-state index in [4.69, 9.17) is 0 Å². The zero-order valence-corrected chi connectivity index (χ0v) is 11.2. The molecule has 0 heterocycles. The Bertz CT molecular complexity index is 428. The summed E-state index contributed by atoms with van der Waals surface area (Å²) >= 11 is 3.31. The van der Waals surface area contributed by atoms with Crippen LogP contribution in [0.2, 0.25) is 0 Å².